The molecule has 0 unspecified atom stereocenters. The zero-order chi connectivity index (χ0) is 15.1. The van der Waals surface area contributed by atoms with Crippen LogP contribution in [0.25, 0.3) is 0 Å². The molecule has 0 aliphatic carbocycles. The Morgan fingerprint density at radius 2 is 1.45 bits per heavy atom. The monoisotopic (exact) mass is 323 g/mol. The summed E-state index contributed by atoms with van der Waals surface area (Å²) in [6.07, 6.45) is 2.46. The van der Waals surface area contributed by atoms with Gasteiger partial charge in [0.1, 0.15) is 0 Å². The Morgan fingerprint density at radius 1 is 0.955 bits per heavy atom. The van der Waals surface area contributed by atoms with E-state index in [1.165, 1.54) is 18.4 Å². The summed E-state index contributed by atoms with van der Waals surface area (Å²) >= 11 is 0. The summed E-state index contributed by atoms with van der Waals surface area (Å²) < 4.78 is 12.2. The molecule has 122 valence electrons. The average molecular weight is 324 g/mol. The Labute approximate surface area is 140 Å². The topological polar surface area (TPSA) is 30.5 Å². The van der Waals surface area contributed by atoms with Crippen LogP contribution in [0.4, 0.5) is 0 Å². The van der Waals surface area contributed by atoms with Gasteiger partial charge in [-0.15, -0.1) is 12.4 Å². The van der Waals surface area contributed by atoms with E-state index in [0.717, 1.165) is 18.6 Å². The minimum absolute atomic E-state index is 0. The van der Waals surface area contributed by atoms with Gasteiger partial charge in [-0.25, -0.2) is 0 Å². The second-order valence-corrected chi connectivity index (χ2v) is 7.28. The largest absolute Gasteiger partial charge is 0.494 e. The molecule has 0 bridgehead atoms. The highest BCUT2D eigenvalue weighted by Gasteiger charge is 2.51. The Hall–Kier alpha value is -0.545. The van der Waals surface area contributed by atoms with Gasteiger partial charge < -0.3 is 14.6 Å². The number of rotatable bonds is 2. The lowest BCUT2D eigenvalue weighted by atomic mass is 9.77. The molecule has 3 nitrogen and oxygen atoms in total. The van der Waals surface area contributed by atoms with E-state index in [0.29, 0.717) is 5.92 Å². The van der Waals surface area contributed by atoms with Gasteiger partial charge in [0.2, 0.25) is 0 Å². The first kappa shape index (κ1) is 17.8. The van der Waals surface area contributed by atoms with Crippen LogP contribution in [0.2, 0.25) is 0 Å². The van der Waals surface area contributed by atoms with E-state index in [-0.39, 0.29) is 30.7 Å². The molecule has 2 aliphatic rings. The highest BCUT2D eigenvalue weighted by atomic mass is 35.5. The van der Waals surface area contributed by atoms with Crippen molar-refractivity contribution in [2.75, 3.05) is 13.1 Å². The Balaban J connectivity index is 0.00000176. The second kappa shape index (κ2) is 6.52. The minimum Gasteiger partial charge on any atom is -0.399 e. The SMILES string of the molecule is CC1(C)OB(c2ccc(C3CCNCC3)cc2)OC1(C)C.Cl. The summed E-state index contributed by atoms with van der Waals surface area (Å²) in [7, 11) is -0.253. The van der Waals surface area contributed by atoms with Crippen molar-refractivity contribution in [2.24, 2.45) is 0 Å². The number of halogens is 1. The average Bonchev–Trinajstić information content (AvgIpc) is 2.69. The number of benzene rings is 1. The number of piperidine rings is 1. The molecule has 1 aromatic carbocycles. The van der Waals surface area contributed by atoms with Crippen LogP contribution in [0, 0.1) is 0 Å². The lowest BCUT2D eigenvalue weighted by molar-refractivity contribution is 0.00578. The zero-order valence-corrected chi connectivity index (χ0v) is 14.8. The first-order valence-corrected chi connectivity index (χ1v) is 8.05. The molecule has 1 aromatic rings. The zero-order valence-electron chi connectivity index (χ0n) is 14.0. The molecule has 0 saturated carbocycles. The summed E-state index contributed by atoms with van der Waals surface area (Å²) in [4.78, 5) is 0. The Kier molecular flexibility index (Phi) is 5.28. The van der Waals surface area contributed by atoms with Crippen molar-refractivity contribution in [3.05, 3.63) is 29.8 Å². The third-order valence-corrected chi connectivity index (χ3v) is 5.27. The summed E-state index contributed by atoms with van der Waals surface area (Å²) in [5.74, 6) is 0.693. The lowest BCUT2D eigenvalue weighted by Crippen LogP contribution is -2.41. The second-order valence-electron chi connectivity index (χ2n) is 7.28. The normalized spacial score (nSPS) is 24.1. The van der Waals surface area contributed by atoms with Gasteiger partial charge in [-0.1, -0.05) is 24.3 Å². The van der Waals surface area contributed by atoms with Crippen molar-refractivity contribution >= 4 is 25.0 Å². The van der Waals surface area contributed by atoms with E-state index in [1.54, 1.807) is 0 Å². The highest BCUT2D eigenvalue weighted by molar-refractivity contribution is 6.62. The van der Waals surface area contributed by atoms with Crippen molar-refractivity contribution < 1.29 is 9.31 Å². The van der Waals surface area contributed by atoms with Crippen molar-refractivity contribution in [1.29, 1.82) is 0 Å². The van der Waals surface area contributed by atoms with Crippen molar-refractivity contribution in [2.45, 2.75) is 57.7 Å². The first-order valence-electron chi connectivity index (χ1n) is 8.05. The van der Waals surface area contributed by atoms with Crippen LogP contribution < -0.4 is 10.8 Å². The first-order chi connectivity index (χ1) is 9.89. The van der Waals surface area contributed by atoms with Gasteiger partial charge in [-0.3, -0.25) is 0 Å². The fraction of sp³-hybridized carbons (Fsp3) is 0.647. The molecule has 2 aliphatic heterocycles. The molecular formula is C17H27BClNO2. The Morgan fingerprint density at radius 3 is 1.95 bits per heavy atom. The smallest absolute Gasteiger partial charge is 0.399 e. The predicted octanol–water partition coefficient (Wildman–Crippen LogP) is 2.87. The Bertz CT molecular complexity index is 482. The maximum Gasteiger partial charge on any atom is 0.494 e. The van der Waals surface area contributed by atoms with E-state index >= 15 is 0 Å². The van der Waals surface area contributed by atoms with Gasteiger partial charge >= 0.3 is 7.12 Å². The van der Waals surface area contributed by atoms with E-state index in [4.69, 9.17) is 9.31 Å². The molecule has 22 heavy (non-hydrogen) atoms. The number of nitrogens with one attached hydrogen (secondary N) is 1. The minimum atomic E-state index is -0.272. The van der Waals surface area contributed by atoms with E-state index in [9.17, 15) is 0 Å². The summed E-state index contributed by atoms with van der Waals surface area (Å²) in [6.45, 7) is 10.6. The molecule has 1 N–H and O–H groups in total. The van der Waals surface area contributed by atoms with Crippen molar-refractivity contribution in [1.82, 2.24) is 5.32 Å². The van der Waals surface area contributed by atoms with Crippen LogP contribution in [0.5, 0.6) is 0 Å². The van der Waals surface area contributed by atoms with Crippen LogP contribution in [-0.4, -0.2) is 31.4 Å². The lowest BCUT2D eigenvalue weighted by Gasteiger charge is -2.32. The van der Waals surface area contributed by atoms with Crippen molar-refractivity contribution in [3.8, 4) is 0 Å². The molecule has 0 atom stereocenters. The summed E-state index contributed by atoms with van der Waals surface area (Å²) in [5.41, 5.74) is 2.01. The molecule has 2 saturated heterocycles. The number of hydrogen-bond donors (Lipinski definition) is 1. The standard InChI is InChI=1S/C17H26BNO2.ClH/c1-16(2)17(3,4)21-18(20-16)15-7-5-13(6-8-15)14-9-11-19-12-10-14;/h5-8,14,19H,9-12H2,1-4H3;1H. The molecule has 0 radical (unpaired) electrons. The quantitative estimate of drug-likeness (QED) is 0.849. The summed E-state index contributed by atoms with van der Waals surface area (Å²) in [5, 5.41) is 3.42. The van der Waals surface area contributed by atoms with E-state index < -0.39 is 0 Å². The molecule has 0 amide bonds. The molecule has 2 heterocycles. The van der Waals surface area contributed by atoms with Gasteiger partial charge in [-0.05, 0) is 70.6 Å². The molecule has 5 heteroatoms. The summed E-state index contributed by atoms with van der Waals surface area (Å²) in [6, 6.07) is 8.83. The van der Waals surface area contributed by atoms with Crippen LogP contribution in [0.3, 0.4) is 0 Å². The maximum absolute atomic E-state index is 6.10. The van der Waals surface area contributed by atoms with E-state index in [2.05, 4.69) is 57.3 Å². The fourth-order valence-corrected chi connectivity index (χ4v) is 3.06. The van der Waals surface area contributed by atoms with Crippen LogP contribution in [0.15, 0.2) is 24.3 Å². The van der Waals surface area contributed by atoms with Gasteiger partial charge in [0, 0.05) is 0 Å². The van der Waals surface area contributed by atoms with Gasteiger partial charge in [0.15, 0.2) is 0 Å². The molecule has 3 rings (SSSR count). The molecular weight excluding hydrogens is 296 g/mol. The van der Waals surface area contributed by atoms with E-state index in [1.807, 2.05) is 0 Å². The molecule has 0 aromatic heterocycles. The van der Waals surface area contributed by atoms with Gasteiger partial charge in [0.25, 0.3) is 0 Å². The molecule has 0 spiro atoms. The van der Waals surface area contributed by atoms with Crippen LogP contribution in [0.1, 0.15) is 52.0 Å². The van der Waals surface area contributed by atoms with Crippen LogP contribution in [-0.2, 0) is 9.31 Å². The fourth-order valence-electron chi connectivity index (χ4n) is 3.06. The van der Waals surface area contributed by atoms with Crippen LogP contribution >= 0.6 is 12.4 Å². The predicted molar refractivity (Wildman–Crippen MR) is 94.3 cm³/mol. The van der Waals surface area contributed by atoms with Gasteiger partial charge in [-0.2, -0.15) is 0 Å². The highest BCUT2D eigenvalue weighted by Crippen LogP contribution is 2.36. The van der Waals surface area contributed by atoms with Crippen molar-refractivity contribution in [3.63, 3.8) is 0 Å². The molecule has 2 fully saturated rings. The third-order valence-electron chi connectivity index (χ3n) is 5.27. The third kappa shape index (κ3) is 3.35. The maximum atomic E-state index is 6.10. The van der Waals surface area contributed by atoms with Gasteiger partial charge in [0.05, 0.1) is 11.2 Å². The number of hydrogen-bond acceptors (Lipinski definition) is 3.